The first-order chi connectivity index (χ1) is 5.76. The maximum atomic E-state index is 2.65. The Morgan fingerprint density at radius 3 is 2.08 bits per heavy atom. The average molecular weight is 199 g/mol. The quantitative estimate of drug-likeness (QED) is 0.550. The normalized spacial score (nSPS) is 29.6. The van der Waals surface area contributed by atoms with Crippen LogP contribution in [0.1, 0.15) is 41.0 Å². The van der Waals surface area contributed by atoms with Crippen LogP contribution in [0.15, 0.2) is 11.4 Å². The van der Waals surface area contributed by atoms with Crippen molar-refractivity contribution in [2.75, 3.05) is 12.8 Å². The van der Waals surface area contributed by atoms with E-state index < -0.39 is 7.26 Å². The number of hydrogen-bond donors (Lipinski definition) is 0. The fourth-order valence-corrected chi connectivity index (χ4v) is 4.89. The van der Waals surface area contributed by atoms with Crippen LogP contribution in [0.2, 0.25) is 0 Å². The molecule has 0 saturated carbocycles. The third-order valence-electron chi connectivity index (χ3n) is 3.59. The van der Waals surface area contributed by atoms with Gasteiger partial charge in [0, 0.05) is 13.7 Å². The summed E-state index contributed by atoms with van der Waals surface area (Å²) in [7, 11) is -0.776. The first-order valence-electron chi connectivity index (χ1n) is 5.33. The van der Waals surface area contributed by atoms with Crippen molar-refractivity contribution in [3.63, 3.8) is 0 Å². The fraction of sp³-hybridized carbons (Fsp3) is 0.833. The standard InChI is InChI=1S/C12H24P/c1-10(2)11-7-8-13(6,9-11)12(3,4)5/h9-10H,7-8H2,1-6H3/q+1. The lowest BCUT2D eigenvalue weighted by Gasteiger charge is -2.29. The van der Waals surface area contributed by atoms with E-state index in [0.29, 0.717) is 5.16 Å². The molecule has 0 spiro atoms. The minimum Gasteiger partial charge on any atom is -0.0589 e. The van der Waals surface area contributed by atoms with Crippen LogP contribution in [0, 0.1) is 5.92 Å². The van der Waals surface area contributed by atoms with Gasteiger partial charge in [-0.25, -0.2) is 0 Å². The van der Waals surface area contributed by atoms with Crippen LogP contribution in [0.4, 0.5) is 0 Å². The second-order valence-corrected chi connectivity index (χ2v) is 10.4. The lowest BCUT2D eigenvalue weighted by molar-refractivity contribution is 0.740. The van der Waals surface area contributed by atoms with Gasteiger partial charge in [0.15, 0.2) is 0 Å². The van der Waals surface area contributed by atoms with E-state index >= 15 is 0 Å². The summed E-state index contributed by atoms with van der Waals surface area (Å²) in [6.45, 7) is 14.4. The van der Waals surface area contributed by atoms with E-state index in [4.69, 9.17) is 0 Å². The summed E-state index contributed by atoms with van der Waals surface area (Å²) in [4.78, 5) is 0. The topological polar surface area (TPSA) is 0 Å². The van der Waals surface area contributed by atoms with Crippen molar-refractivity contribution in [2.24, 2.45) is 5.92 Å². The van der Waals surface area contributed by atoms with Gasteiger partial charge in [-0.3, -0.25) is 0 Å². The van der Waals surface area contributed by atoms with Gasteiger partial charge in [0.05, 0.1) is 23.8 Å². The van der Waals surface area contributed by atoms with Crippen molar-refractivity contribution < 1.29 is 0 Å². The monoisotopic (exact) mass is 199 g/mol. The summed E-state index contributed by atoms with van der Waals surface area (Å²) >= 11 is 0. The zero-order valence-corrected chi connectivity index (χ0v) is 10.9. The fourth-order valence-electron chi connectivity index (χ4n) is 1.82. The molecule has 0 N–H and O–H groups in total. The molecule has 13 heavy (non-hydrogen) atoms. The van der Waals surface area contributed by atoms with Crippen LogP contribution in [0.3, 0.4) is 0 Å². The molecular formula is C12H24P+. The Labute approximate surface area is 84.1 Å². The van der Waals surface area contributed by atoms with E-state index in [2.05, 4.69) is 47.1 Å². The zero-order valence-electron chi connectivity index (χ0n) is 10.0. The van der Waals surface area contributed by atoms with Crippen molar-refractivity contribution in [1.82, 2.24) is 0 Å². The number of allylic oxidation sites excluding steroid dienone is 1. The van der Waals surface area contributed by atoms with Gasteiger partial charge in [-0.05, 0) is 32.3 Å². The van der Waals surface area contributed by atoms with Gasteiger partial charge in [-0.15, -0.1) is 0 Å². The Kier molecular flexibility index (Phi) is 2.93. The highest BCUT2D eigenvalue weighted by Gasteiger charge is 2.46. The van der Waals surface area contributed by atoms with Crippen molar-refractivity contribution in [3.8, 4) is 0 Å². The van der Waals surface area contributed by atoms with Gasteiger partial charge in [0.1, 0.15) is 0 Å². The summed E-state index contributed by atoms with van der Waals surface area (Å²) in [5.41, 5.74) is 1.71. The highest BCUT2D eigenvalue weighted by atomic mass is 31.2. The van der Waals surface area contributed by atoms with Crippen LogP contribution >= 0.6 is 7.26 Å². The van der Waals surface area contributed by atoms with Crippen LogP contribution < -0.4 is 0 Å². The van der Waals surface area contributed by atoms with Crippen molar-refractivity contribution in [3.05, 3.63) is 11.4 Å². The maximum Gasteiger partial charge on any atom is 0.0754 e. The van der Waals surface area contributed by atoms with Gasteiger partial charge < -0.3 is 0 Å². The molecule has 1 aliphatic heterocycles. The summed E-state index contributed by atoms with van der Waals surface area (Å²) in [6.07, 6.45) is 2.81. The zero-order chi connectivity index (χ0) is 10.3. The highest BCUT2D eigenvalue weighted by molar-refractivity contribution is 7.79. The predicted octanol–water partition coefficient (Wildman–Crippen LogP) is 4.38. The minimum absolute atomic E-state index is 0.518. The molecule has 0 bridgehead atoms. The molecule has 1 aliphatic rings. The molecule has 0 aromatic carbocycles. The van der Waals surface area contributed by atoms with E-state index in [9.17, 15) is 0 Å². The van der Waals surface area contributed by atoms with E-state index in [1.807, 2.05) is 0 Å². The Morgan fingerprint density at radius 1 is 1.31 bits per heavy atom. The molecular weight excluding hydrogens is 175 g/mol. The predicted molar refractivity (Wildman–Crippen MR) is 65.0 cm³/mol. The first kappa shape index (κ1) is 11.2. The van der Waals surface area contributed by atoms with Crippen LogP contribution in [0.5, 0.6) is 0 Å². The molecule has 1 atom stereocenters. The van der Waals surface area contributed by atoms with Crippen LogP contribution in [-0.2, 0) is 0 Å². The maximum absolute atomic E-state index is 2.65. The number of hydrogen-bond acceptors (Lipinski definition) is 0. The van der Waals surface area contributed by atoms with Gasteiger partial charge in [-0.1, -0.05) is 13.8 Å². The molecule has 1 unspecified atom stereocenters. The van der Waals surface area contributed by atoms with Crippen LogP contribution in [0.25, 0.3) is 0 Å². The lowest BCUT2D eigenvalue weighted by Crippen LogP contribution is -2.18. The van der Waals surface area contributed by atoms with E-state index in [1.165, 1.54) is 12.6 Å². The van der Waals surface area contributed by atoms with Gasteiger partial charge in [0.25, 0.3) is 0 Å². The van der Waals surface area contributed by atoms with Crippen molar-refractivity contribution in [1.29, 1.82) is 0 Å². The molecule has 0 fully saturated rings. The Balaban J connectivity index is 2.87. The molecule has 76 valence electrons. The summed E-state index contributed by atoms with van der Waals surface area (Å²) in [6, 6.07) is 0. The second-order valence-electron chi connectivity index (χ2n) is 5.77. The molecule has 0 saturated heterocycles. The van der Waals surface area contributed by atoms with E-state index in [0.717, 1.165) is 5.92 Å². The van der Waals surface area contributed by atoms with Gasteiger partial charge in [-0.2, -0.15) is 0 Å². The molecule has 1 heterocycles. The number of rotatable bonds is 1. The molecule has 0 nitrogen and oxygen atoms in total. The molecule has 1 rings (SSSR count). The second kappa shape index (κ2) is 3.39. The molecule has 0 aromatic heterocycles. The highest BCUT2D eigenvalue weighted by Crippen LogP contribution is 2.71. The molecule has 1 heteroatoms. The Bertz CT molecular complexity index is 220. The van der Waals surface area contributed by atoms with Gasteiger partial charge in [0.2, 0.25) is 0 Å². The Morgan fingerprint density at radius 2 is 1.85 bits per heavy atom. The van der Waals surface area contributed by atoms with E-state index in [1.54, 1.807) is 5.57 Å². The third-order valence-corrected chi connectivity index (χ3v) is 8.71. The lowest BCUT2D eigenvalue weighted by atomic mass is 10.0. The largest absolute Gasteiger partial charge is 0.0754 e. The smallest absolute Gasteiger partial charge is 0.0589 e. The molecule has 0 radical (unpaired) electrons. The minimum atomic E-state index is -0.776. The molecule has 0 amide bonds. The summed E-state index contributed by atoms with van der Waals surface area (Å²) in [5, 5.41) is 0.518. The van der Waals surface area contributed by atoms with Gasteiger partial charge >= 0.3 is 0 Å². The molecule has 0 aromatic rings. The first-order valence-corrected chi connectivity index (χ1v) is 7.82. The molecule has 0 aliphatic carbocycles. The Hall–Kier alpha value is 0.170. The van der Waals surface area contributed by atoms with Crippen LogP contribution in [-0.4, -0.2) is 18.0 Å². The van der Waals surface area contributed by atoms with E-state index in [-0.39, 0.29) is 0 Å². The van der Waals surface area contributed by atoms with Crippen molar-refractivity contribution in [2.45, 2.75) is 46.2 Å². The van der Waals surface area contributed by atoms with Crippen molar-refractivity contribution >= 4 is 7.26 Å². The SMILES string of the molecule is CC(C)C1=C[P+](C)(C(C)(C)C)CC1. The summed E-state index contributed by atoms with van der Waals surface area (Å²) < 4.78 is 0. The average Bonchev–Trinajstić information content (AvgIpc) is 2.31. The summed E-state index contributed by atoms with van der Waals surface area (Å²) in [5.74, 6) is 3.42. The third kappa shape index (κ3) is 2.15.